The van der Waals surface area contributed by atoms with Crippen molar-refractivity contribution in [3.05, 3.63) is 78.4 Å². The van der Waals surface area contributed by atoms with E-state index < -0.39 is 45.7 Å². The molecule has 0 heterocycles. The van der Waals surface area contributed by atoms with E-state index >= 15 is 0 Å². The van der Waals surface area contributed by atoms with Crippen LogP contribution in [0.3, 0.4) is 0 Å². The molecule has 0 unspecified atom stereocenters. The standard InChI is InChI=1S/C26H28N2O6S/c1-3-17(2)23(28-35(33,34)22-15-9-13-19-12-7-8-14-20(19)22)25(30)27-21(24(29)26(31)32)16-18-10-5-4-6-11-18/h4-15,17,21,23,28H,3,16H2,1-2H3,(H,27,30)(H,31,32)/t17-,21-,23-/m0/s1. The van der Waals surface area contributed by atoms with E-state index in [1.807, 2.05) is 0 Å². The van der Waals surface area contributed by atoms with Gasteiger partial charge in [-0.1, -0.05) is 87.0 Å². The SMILES string of the molecule is CC[C@H](C)[C@H](NS(=O)(=O)c1cccc2ccccc12)C(=O)N[C@@H](Cc1ccccc1)C(=O)C(=O)O. The number of benzene rings is 3. The smallest absolute Gasteiger partial charge is 0.374 e. The van der Waals surface area contributed by atoms with Crippen molar-refractivity contribution in [1.82, 2.24) is 10.0 Å². The van der Waals surface area contributed by atoms with Crippen LogP contribution < -0.4 is 10.0 Å². The zero-order valence-electron chi connectivity index (χ0n) is 19.5. The van der Waals surface area contributed by atoms with Crippen LogP contribution in [0.25, 0.3) is 10.8 Å². The quantitative estimate of drug-likeness (QED) is 0.350. The van der Waals surface area contributed by atoms with Gasteiger partial charge in [0.1, 0.15) is 12.1 Å². The summed E-state index contributed by atoms with van der Waals surface area (Å²) < 4.78 is 29.2. The number of carboxylic acid groups (broad SMARTS) is 1. The Morgan fingerprint density at radius 3 is 2.20 bits per heavy atom. The summed E-state index contributed by atoms with van der Waals surface area (Å²) in [6.07, 6.45) is 0.424. The van der Waals surface area contributed by atoms with Crippen molar-refractivity contribution in [1.29, 1.82) is 0 Å². The third-order valence-electron chi connectivity index (χ3n) is 5.94. The lowest BCUT2D eigenvalue weighted by molar-refractivity contribution is -0.150. The van der Waals surface area contributed by atoms with Gasteiger partial charge in [-0.05, 0) is 22.9 Å². The highest BCUT2D eigenvalue weighted by Gasteiger charge is 2.34. The van der Waals surface area contributed by atoms with Crippen LogP contribution in [0.15, 0.2) is 77.7 Å². The predicted molar refractivity (Wildman–Crippen MR) is 132 cm³/mol. The molecule has 1 amide bonds. The molecule has 3 rings (SSSR count). The highest BCUT2D eigenvalue weighted by atomic mass is 32.2. The maximum absolute atomic E-state index is 13.3. The summed E-state index contributed by atoms with van der Waals surface area (Å²) in [5.74, 6) is -4.06. The normalized spacial score (nSPS) is 14.1. The largest absolute Gasteiger partial charge is 0.475 e. The second-order valence-electron chi connectivity index (χ2n) is 8.38. The highest BCUT2D eigenvalue weighted by Crippen LogP contribution is 2.24. The fourth-order valence-electron chi connectivity index (χ4n) is 3.79. The molecule has 3 N–H and O–H groups in total. The number of aliphatic carboxylic acids is 1. The Hall–Kier alpha value is -3.56. The van der Waals surface area contributed by atoms with Crippen molar-refractivity contribution in [2.75, 3.05) is 0 Å². The van der Waals surface area contributed by atoms with Crippen LogP contribution >= 0.6 is 0 Å². The number of sulfonamides is 1. The number of carbonyl (C=O) groups excluding carboxylic acids is 2. The molecule has 0 aliphatic heterocycles. The van der Waals surface area contributed by atoms with E-state index in [4.69, 9.17) is 0 Å². The fraction of sp³-hybridized carbons (Fsp3) is 0.269. The lowest BCUT2D eigenvalue weighted by atomic mass is 9.97. The molecule has 3 aromatic carbocycles. The number of amides is 1. The Labute approximate surface area is 204 Å². The van der Waals surface area contributed by atoms with Crippen molar-refractivity contribution in [3.8, 4) is 0 Å². The monoisotopic (exact) mass is 496 g/mol. The van der Waals surface area contributed by atoms with Crippen LogP contribution in [0.2, 0.25) is 0 Å². The van der Waals surface area contributed by atoms with E-state index in [-0.39, 0.29) is 11.3 Å². The summed E-state index contributed by atoms with van der Waals surface area (Å²) >= 11 is 0. The third-order valence-corrected chi connectivity index (χ3v) is 7.44. The van der Waals surface area contributed by atoms with E-state index in [1.54, 1.807) is 80.6 Å². The molecule has 3 aromatic rings. The first-order chi connectivity index (χ1) is 16.6. The van der Waals surface area contributed by atoms with Crippen molar-refractivity contribution in [3.63, 3.8) is 0 Å². The number of carboxylic acids is 1. The van der Waals surface area contributed by atoms with Crippen LogP contribution in [0.1, 0.15) is 25.8 Å². The number of fused-ring (bicyclic) bond motifs is 1. The van der Waals surface area contributed by atoms with Gasteiger partial charge in [0, 0.05) is 11.8 Å². The van der Waals surface area contributed by atoms with Crippen LogP contribution in [0.4, 0.5) is 0 Å². The van der Waals surface area contributed by atoms with E-state index in [0.29, 0.717) is 17.4 Å². The molecule has 3 atom stereocenters. The van der Waals surface area contributed by atoms with Crippen LogP contribution in [0.5, 0.6) is 0 Å². The van der Waals surface area contributed by atoms with E-state index in [2.05, 4.69) is 10.0 Å². The highest BCUT2D eigenvalue weighted by molar-refractivity contribution is 7.89. The molecular formula is C26H28N2O6S. The van der Waals surface area contributed by atoms with Gasteiger partial charge in [0.2, 0.25) is 15.9 Å². The van der Waals surface area contributed by atoms with Gasteiger partial charge in [0.25, 0.3) is 5.78 Å². The molecule has 8 nitrogen and oxygen atoms in total. The van der Waals surface area contributed by atoms with Crippen LogP contribution in [-0.2, 0) is 30.8 Å². The van der Waals surface area contributed by atoms with Gasteiger partial charge < -0.3 is 10.4 Å². The predicted octanol–water partition coefficient (Wildman–Crippen LogP) is 2.91. The number of rotatable bonds is 11. The van der Waals surface area contributed by atoms with Gasteiger partial charge in [-0.2, -0.15) is 4.72 Å². The molecule has 0 aromatic heterocycles. The van der Waals surface area contributed by atoms with E-state index in [9.17, 15) is 27.9 Å². The summed E-state index contributed by atoms with van der Waals surface area (Å²) in [4.78, 5) is 37.0. The summed E-state index contributed by atoms with van der Waals surface area (Å²) in [5.41, 5.74) is 0.656. The third kappa shape index (κ3) is 6.32. The molecule has 0 fully saturated rings. The van der Waals surface area contributed by atoms with Gasteiger partial charge in [-0.15, -0.1) is 0 Å². The van der Waals surface area contributed by atoms with E-state index in [1.165, 1.54) is 6.07 Å². The second kappa shape index (κ2) is 11.2. The van der Waals surface area contributed by atoms with Gasteiger partial charge in [0.15, 0.2) is 0 Å². The molecule has 0 aliphatic rings. The Bertz CT molecular complexity index is 1320. The molecule has 35 heavy (non-hydrogen) atoms. The van der Waals surface area contributed by atoms with E-state index in [0.717, 1.165) is 5.39 Å². The van der Waals surface area contributed by atoms with Crippen molar-refractivity contribution >= 4 is 38.5 Å². The molecule has 0 radical (unpaired) electrons. The average Bonchev–Trinajstić information content (AvgIpc) is 2.86. The zero-order valence-corrected chi connectivity index (χ0v) is 20.3. The molecule has 0 saturated heterocycles. The molecule has 0 spiro atoms. The maximum Gasteiger partial charge on any atom is 0.374 e. The Morgan fingerprint density at radius 1 is 0.914 bits per heavy atom. The molecule has 0 aliphatic carbocycles. The van der Waals surface area contributed by atoms with Gasteiger partial charge in [-0.25, -0.2) is 13.2 Å². The number of hydrogen-bond acceptors (Lipinski definition) is 5. The minimum Gasteiger partial charge on any atom is -0.475 e. The summed E-state index contributed by atoms with van der Waals surface area (Å²) in [6.45, 7) is 3.52. The minimum absolute atomic E-state index is 0.0270. The fourth-order valence-corrected chi connectivity index (χ4v) is 5.33. The van der Waals surface area contributed by atoms with Gasteiger partial charge in [0.05, 0.1) is 4.90 Å². The topological polar surface area (TPSA) is 130 Å². The van der Waals surface area contributed by atoms with Crippen LogP contribution in [0, 0.1) is 5.92 Å². The van der Waals surface area contributed by atoms with Crippen molar-refractivity contribution < 1.29 is 27.9 Å². The number of ketones is 1. The average molecular weight is 497 g/mol. The summed E-state index contributed by atoms with van der Waals surface area (Å²) in [5, 5.41) is 13.0. The molecule has 9 heteroatoms. The number of hydrogen-bond donors (Lipinski definition) is 3. The Kier molecular flexibility index (Phi) is 8.37. The second-order valence-corrected chi connectivity index (χ2v) is 10.1. The molecular weight excluding hydrogens is 468 g/mol. The summed E-state index contributed by atoms with van der Waals surface area (Å²) in [6, 6.07) is 18.0. The summed E-state index contributed by atoms with van der Waals surface area (Å²) in [7, 11) is -4.13. The zero-order chi connectivity index (χ0) is 25.6. The number of Topliss-reactive ketones (excluding diaryl/α,β-unsaturated/α-hetero) is 1. The maximum atomic E-state index is 13.3. The molecule has 0 saturated carbocycles. The first kappa shape index (κ1) is 26.1. The lowest BCUT2D eigenvalue weighted by Crippen LogP contribution is -2.55. The van der Waals surface area contributed by atoms with Gasteiger partial charge in [-0.3, -0.25) is 9.59 Å². The lowest BCUT2D eigenvalue weighted by Gasteiger charge is -2.26. The van der Waals surface area contributed by atoms with Crippen molar-refractivity contribution in [2.24, 2.45) is 5.92 Å². The van der Waals surface area contributed by atoms with Crippen LogP contribution in [-0.4, -0.2) is 43.3 Å². The Morgan fingerprint density at radius 2 is 1.54 bits per heavy atom. The number of carbonyl (C=O) groups is 3. The first-order valence-electron chi connectivity index (χ1n) is 11.3. The number of nitrogens with one attached hydrogen (secondary N) is 2. The van der Waals surface area contributed by atoms with Crippen molar-refractivity contribution in [2.45, 2.75) is 43.7 Å². The minimum atomic E-state index is -4.13. The molecule has 184 valence electrons. The Balaban J connectivity index is 1.90. The molecule has 0 bridgehead atoms. The first-order valence-corrected chi connectivity index (χ1v) is 12.7. The van der Waals surface area contributed by atoms with Gasteiger partial charge >= 0.3 is 5.97 Å².